The Morgan fingerprint density at radius 1 is 1.62 bits per heavy atom. The number of anilines is 1. The molecule has 0 bridgehead atoms. The lowest BCUT2D eigenvalue weighted by Gasteiger charge is -2.31. The number of nitrogens with two attached hydrogens (primary N) is 1. The smallest absolute Gasteiger partial charge is 0.129 e. The van der Waals surface area contributed by atoms with Gasteiger partial charge in [0, 0.05) is 24.8 Å². The van der Waals surface area contributed by atoms with Crippen molar-refractivity contribution in [3.05, 3.63) is 23.9 Å². The van der Waals surface area contributed by atoms with Crippen molar-refractivity contribution in [3.8, 4) is 0 Å². The second-order valence-corrected chi connectivity index (χ2v) is 4.45. The van der Waals surface area contributed by atoms with Crippen LogP contribution in [0, 0.1) is 0 Å². The third-order valence-electron chi connectivity index (χ3n) is 2.75. The molecule has 0 radical (unpaired) electrons. The molecule has 1 fully saturated rings. The summed E-state index contributed by atoms with van der Waals surface area (Å²) in [6.45, 7) is 1.55. The summed E-state index contributed by atoms with van der Waals surface area (Å²) in [7, 11) is 0. The SMILES string of the molecule is NC(=S)c1ccnc(N2CCCC(O)C2)c1. The summed E-state index contributed by atoms with van der Waals surface area (Å²) in [5.41, 5.74) is 6.39. The zero-order chi connectivity index (χ0) is 11.5. The normalized spacial score (nSPS) is 20.8. The van der Waals surface area contributed by atoms with Gasteiger partial charge in [-0.15, -0.1) is 0 Å². The molecule has 0 aliphatic carbocycles. The third kappa shape index (κ3) is 2.48. The first-order valence-electron chi connectivity index (χ1n) is 5.35. The van der Waals surface area contributed by atoms with E-state index in [2.05, 4.69) is 9.88 Å². The van der Waals surface area contributed by atoms with Gasteiger partial charge in [0.25, 0.3) is 0 Å². The van der Waals surface area contributed by atoms with Gasteiger partial charge in [0.15, 0.2) is 0 Å². The first-order valence-corrected chi connectivity index (χ1v) is 5.76. The molecule has 1 aromatic heterocycles. The first-order chi connectivity index (χ1) is 7.66. The minimum atomic E-state index is -0.260. The molecular weight excluding hydrogens is 222 g/mol. The summed E-state index contributed by atoms with van der Waals surface area (Å²) < 4.78 is 0. The highest BCUT2D eigenvalue weighted by Gasteiger charge is 2.18. The maximum absolute atomic E-state index is 9.60. The molecular formula is C11H15N3OS. The average molecular weight is 237 g/mol. The standard InChI is InChI=1S/C11H15N3OS/c12-11(16)8-3-4-13-10(6-8)14-5-1-2-9(15)7-14/h3-4,6,9,15H,1-2,5,7H2,(H2,12,16). The fourth-order valence-corrected chi connectivity index (χ4v) is 2.03. The molecule has 86 valence electrons. The quantitative estimate of drug-likeness (QED) is 0.741. The summed E-state index contributed by atoms with van der Waals surface area (Å²) >= 11 is 4.93. The molecule has 0 saturated carbocycles. The van der Waals surface area contributed by atoms with Crippen LogP contribution in [0.3, 0.4) is 0 Å². The Bertz CT molecular complexity index is 397. The van der Waals surface area contributed by atoms with E-state index in [1.807, 2.05) is 6.07 Å². The Hall–Kier alpha value is -1.20. The fraction of sp³-hybridized carbons (Fsp3) is 0.455. The molecule has 2 rings (SSSR count). The Morgan fingerprint density at radius 2 is 2.44 bits per heavy atom. The van der Waals surface area contributed by atoms with Crippen molar-refractivity contribution < 1.29 is 5.11 Å². The van der Waals surface area contributed by atoms with Crippen molar-refractivity contribution in [1.82, 2.24) is 4.98 Å². The molecule has 1 aliphatic heterocycles. The van der Waals surface area contributed by atoms with E-state index in [1.54, 1.807) is 12.3 Å². The molecule has 0 spiro atoms. The average Bonchev–Trinajstić information content (AvgIpc) is 2.29. The monoisotopic (exact) mass is 237 g/mol. The highest BCUT2D eigenvalue weighted by Crippen LogP contribution is 2.18. The van der Waals surface area contributed by atoms with E-state index in [1.165, 1.54) is 0 Å². The van der Waals surface area contributed by atoms with Gasteiger partial charge in [0.1, 0.15) is 10.8 Å². The van der Waals surface area contributed by atoms with Crippen LogP contribution in [0.5, 0.6) is 0 Å². The topological polar surface area (TPSA) is 62.4 Å². The van der Waals surface area contributed by atoms with E-state index < -0.39 is 0 Å². The highest BCUT2D eigenvalue weighted by atomic mass is 32.1. The Kier molecular flexibility index (Phi) is 3.36. The van der Waals surface area contributed by atoms with Crippen LogP contribution in [-0.4, -0.2) is 34.3 Å². The molecule has 1 saturated heterocycles. The van der Waals surface area contributed by atoms with Crippen molar-refractivity contribution in [3.63, 3.8) is 0 Å². The predicted molar refractivity (Wildman–Crippen MR) is 67.6 cm³/mol. The van der Waals surface area contributed by atoms with Gasteiger partial charge in [-0.3, -0.25) is 0 Å². The minimum absolute atomic E-state index is 0.260. The van der Waals surface area contributed by atoms with Crippen LogP contribution in [0.25, 0.3) is 0 Å². The van der Waals surface area contributed by atoms with Gasteiger partial charge in [0.05, 0.1) is 6.10 Å². The molecule has 1 unspecified atom stereocenters. The molecule has 2 heterocycles. The van der Waals surface area contributed by atoms with E-state index in [9.17, 15) is 5.11 Å². The molecule has 16 heavy (non-hydrogen) atoms. The maximum atomic E-state index is 9.60. The molecule has 1 aromatic rings. The van der Waals surface area contributed by atoms with Crippen molar-refractivity contribution in [2.24, 2.45) is 5.73 Å². The fourth-order valence-electron chi connectivity index (χ4n) is 1.91. The summed E-state index contributed by atoms with van der Waals surface area (Å²) in [4.78, 5) is 6.72. The number of aliphatic hydroxyl groups is 1. The number of piperidine rings is 1. The Labute approximate surface area is 100 Å². The van der Waals surface area contributed by atoms with Gasteiger partial charge in [0.2, 0.25) is 0 Å². The van der Waals surface area contributed by atoms with Crippen LogP contribution in [0.2, 0.25) is 0 Å². The molecule has 0 amide bonds. The molecule has 0 aromatic carbocycles. The number of thiocarbonyl (C=S) groups is 1. The second kappa shape index (κ2) is 4.76. The lowest BCUT2D eigenvalue weighted by molar-refractivity contribution is 0.154. The summed E-state index contributed by atoms with van der Waals surface area (Å²) in [5.74, 6) is 0.837. The zero-order valence-electron chi connectivity index (χ0n) is 8.97. The van der Waals surface area contributed by atoms with Crippen LogP contribution in [0.15, 0.2) is 18.3 Å². The largest absolute Gasteiger partial charge is 0.391 e. The highest BCUT2D eigenvalue weighted by molar-refractivity contribution is 7.80. The van der Waals surface area contributed by atoms with E-state index >= 15 is 0 Å². The van der Waals surface area contributed by atoms with Crippen molar-refractivity contribution in [1.29, 1.82) is 0 Å². The van der Waals surface area contributed by atoms with Crippen LogP contribution >= 0.6 is 12.2 Å². The Balaban J connectivity index is 2.19. The first kappa shape index (κ1) is 11.3. The number of pyridine rings is 1. The minimum Gasteiger partial charge on any atom is -0.391 e. The van der Waals surface area contributed by atoms with Crippen molar-refractivity contribution in [2.75, 3.05) is 18.0 Å². The van der Waals surface area contributed by atoms with E-state index in [4.69, 9.17) is 18.0 Å². The number of hydrogen-bond donors (Lipinski definition) is 2. The summed E-state index contributed by atoms with van der Waals surface area (Å²) in [5, 5.41) is 9.60. The van der Waals surface area contributed by atoms with Gasteiger partial charge < -0.3 is 15.7 Å². The number of aromatic nitrogens is 1. The van der Waals surface area contributed by atoms with Gasteiger partial charge in [-0.25, -0.2) is 4.98 Å². The molecule has 5 heteroatoms. The van der Waals surface area contributed by atoms with Gasteiger partial charge >= 0.3 is 0 Å². The van der Waals surface area contributed by atoms with Crippen LogP contribution in [-0.2, 0) is 0 Å². The summed E-state index contributed by atoms with van der Waals surface area (Å²) in [6, 6.07) is 3.67. The van der Waals surface area contributed by atoms with Crippen LogP contribution < -0.4 is 10.6 Å². The zero-order valence-corrected chi connectivity index (χ0v) is 9.78. The predicted octanol–water partition coefficient (Wildman–Crippen LogP) is 0.677. The van der Waals surface area contributed by atoms with Gasteiger partial charge in [-0.2, -0.15) is 0 Å². The number of nitrogens with zero attached hydrogens (tertiary/aromatic N) is 2. The van der Waals surface area contributed by atoms with Crippen molar-refractivity contribution in [2.45, 2.75) is 18.9 Å². The number of rotatable bonds is 2. The van der Waals surface area contributed by atoms with E-state index in [0.717, 1.165) is 30.8 Å². The maximum Gasteiger partial charge on any atom is 0.129 e. The Morgan fingerprint density at radius 3 is 3.12 bits per heavy atom. The second-order valence-electron chi connectivity index (χ2n) is 4.01. The number of β-amino-alcohol motifs (C(OH)–C–C–N with tert-alkyl or cyclic N) is 1. The lowest BCUT2D eigenvalue weighted by atomic mass is 10.1. The van der Waals surface area contributed by atoms with Crippen LogP contribution in [0.4, 0.5) is 5.82 Å². The lowest BCUT2D eigenvalue weighted by Crippen LogP contribution is -2.38. The van der Waals surface area contributed by atoms with Crippen molar-refractivity contribution >= 4 is 23.0 Å². The molecule has 4 nitrogen and oxygen atoms in total. The van der Waals surface area contributed by atoms with Gasteiger partial charge in [-0.05, 0) is 25.0 Å². The molecule has 1 atom stereocenters. The van der Waals surface area contributed by atoms with E-state index in [-0.39, 0.29) is 6.10 Å². The van der Waals surface area contributed by atoms with Gasteiger partial charge in [-0.1, -0.05) is 12.2 Å². The number of hydrogen-bond acceptors (Lipinski definition) is 4. The number of aliphatic hydroxyl groups excluding tert-OH is 1. The molecule has 3 N–H and O–H groups in total. The van der Waals surface area contributed by atoms with E-state index in [0.29, 0.717) is 11.5 Å². The molecule has 1 aliphatic rings. The third-order valence-corrected chi connectivity index (χ3v) is 2.99. The van der Waals surface area contributed by atoms with Crippen LogP contribution in [0.1, 0.15) is 18.4 Å². The summed E-state index contributed by atoms with van der Waals surface area (Å²) in [6.07, 6.45) is 3.29.